The lowest BCUT2D eigenvalue weighted by Gasteiger charge is -2.30. The second-order valence-corrected chi connectivity index (χ2v) is 5.05. The van der Waals surface area contributed by atoms with Crippen molar-refractivity contribution >= 4 is 0 Å². The van der Waals surface area contributed by atoms with Gasteiger partial charge in [-0.1, -0.05) is 26.0 Å². The molecule has 0 aliphatic rings. The molecule has 0 fully saturated rings. The third-order valence-electron chi connectivity index (χ3n) is 3.11. The average Bonchev–Trinajstić information content (AvgIpc) is 2.37. The van der Waals surface area contributed by atoms with E-state index in [1.807, 2.05) is 20.8 Å². The van der Waals surface area contributed by atoms with Gasteiger partial charge in [-0.25, -0.2) is 0 Å². The van der Waals surface area contributed by atoms with Gasteiger partial charge in [0.25, 0.3) is 0 Å². The zero-order valence-electron chi connectivity index (χ0n) is 12.7. The van der Waals surface area contributed by atoms with Crippen molar-refractivity contribution in [1.29, 1.82) is 0 Å². The van der Waals surface area contributed by atoms with E-state index in [1.165, 1.54) is 12.1 Å². The molecule has 1 rings (SSSR count). The van der Waals surface area contributed by atoms with E-state index in [0.29, 0.717) is 12.2 Å². The van der Waals surface area contributed by atoms with Crippen LogP contribution in [0.3, 0.4) is 0 Å². The van der Waals surface area contributed by atoms with Gasteiger partial charge in [0.15, 0.2) is 0 Å². The quantitative estimate of drug-likeness (QED) is 0.828. The van der Waals surface area contributed by atoms with E-state index in [2.05, 4.69) is 10.1 Å². The van der Waals surface area contributed by atoms with E-state index >= 15 is 0 Å². The fraction of sp³-hybridized carbons (Fsp3) is 0.600. The molecule has 6 heteroatoms. The van der Waals surface area contributed by atoms with Gasteiger partial charge in [-0.15, -0.1) is 13.2 Å². The van der Waals surface area contributed by atoms with E-state index in [-0.39, 0.29) is 23.8 Å². The van der Waals surface area contributed by atoms with Crippen molar-refractivity contribution in [3.05, 3.63) is 29.8 Å². The van der Waals surface area contributed by atoms with E-state index in [4.69, 9.17) is 4.74 Å². The molecule has 1 N–H and O–H groups in total. The highest BCUT2D eigenvalue weighted by Crippen LogP contribution is 2.29. The molecule has 0 aliphatic heterocycles. The number of nitrogens with one attached hydrogen (secondary N) is 1. The fourth-order valence-corrected chi connectivity index (χ4v) is 2.29. The molecule has 0 saturated heterocycles. The van der Waals surface area contributed by atoms with Gasteiger partial charge in [0.1, 0.15) is 5.75 Å². The van der Waals surface area contributed by atoms with Gasteiger partial charge < -0.3 is 14.8 Å². The van der Waals surface area contributed by atoms with Crippen LogP contribution in [0.5, 0.6) is 5.75 Å². The molecule has 0 radical (unpaired) electrons. The predicted octanol–water partition coefficient (Wildman–Crippen LogP) is 3.91. The maximum atomic E-state index is 12.3. The van der Waals surface area contributed by atoms with Gasteiger partial charge in [0, 0.05) is 6.61 Å². The summed E-state index contributed by atoms with van der Waals surface area (Å²) < 4.78 is 46.6. The first kappa shape index (κ1) is 17.8. The zero-order chi connectivity index (χ0) is 16.0. The topological polar surface area (TPSA) is 30.5 Å². The summed E-state index contributed by atoms with van der Waals surface area (Å²) in [7, 11) is 1.76. The summed E-state index contributed by atoms with van der Waals surface area (Å²) in [6, 6.07) is 5.78. The van der Waals surface area contributed by atoms with Crippen molar-refractivity contribution < 1.29 is 22.6 Å². The Kier molecular flexibility index (Phi) is 6.48. The third-order valence-corrected chi connectivity index (χ3v) is 3.11. The Balaban J connectivity index is 3.02. The molecule has 120 valence electrons. The van der Waals surface area contributed by atoms with Crippen LogP contribution in [0.2, 0.25) is 0 Å². The van der Waals surface area contributed by atoms with Gasteiger partial charge in [0.05, 0.1) is 12.1 Å². The van der Waals surface area contributed by atoms with E-state index < -0.39 is 6.36 Å². The minimum absolute atomic E-state index is 0.138. The lowest BCUT2D eigenvalue weighted by molar-refractivity contribution is -0.274. The van der Waals surface area contributed by atoms with Crippen LogP contribution in [0.15, 0.2) is 24.3 Å². The highest BCUT2D eigenvalue weighted by Gasteiger charge is 2.32. The van der Waals surface area contributed by atoms with Crippen LogP contribution < -0.4 is 10.1 Å². The first-order valence-corrected chi connectivity index (χ1v) is 6.93. The lowest BCUT2D eigenvalue weighted by Crippen LogP contribution is -2.35. The van der Waals surface area contributed by atoms with Crippen molar-refractivity contribution in [1.82, 2.24) is 5.32 Å². The molecule has 2 unspecified atom stereocenters. The number of likely N-dealkylation sites (N-methyl/N-ethyl adjacent to an activating group) is 1. The molecule has 2 atom stereocenters. The summed E-state index contributed by atoms with van der Waals surface area (Å²) in [5.74, 6) is -0.00570. The molecule has 0 aromatic heterocycles. The Morgan fingerprint density at radius 3 is 2.38 bits per heavy atom. The molecule has 1 aromatic rings. The Morgan fingerprint density at radius 2 is 1.90 bits per heavy atom. The second-order valence-electron chi connectivity index (χ2n) is 5.05. The summed E-state index contributed by atoms with van der Waals surface area (Å²) in [6.45, 7) is 6.46. The van der Waals surface area contributed by atoms with Gasteiger partial charge >= 0.3 is 6.36 Å². The smallest absolute Gasteiger partial charge is 0.406 e. The molecule has 0 saturated carbocycles. The number of benzene rings is 1. The molecule has 3 nitrogen and oxygen atoms in total. The standard InChI is InChI=1S/C15H22F3NO2/c1-5-20-14(10(2)3)13(19-4)11-7-6-8-12(9-11)21-15(16,17)18/h6-10,13-14,19H,5H2,1-4H3. The molecule has 0 amide bonds. The average molecular weight is 305 g/mol. The summed E-state index contributed by atoms with van der Waals surface area (Å²) in [5, 5.41) is 3.11. The zero-order valence-corrected chi connectivity index (χ0v) is 12.7. The number of ether oxygens (including phenoxy) is 2. The molecule has 0 spiro atoms. The van der Waals surface area contributed by atoms with Crippen molar-refractivity contribution in [2.24, 2.45) is 5.92 Å². The molecule has 0 bridgehead atoms. The molecule has 0 aliphatic carbocycles. The minimum atomic E-state index is -4.69. The third kappa shape index (κ3) is 5.55. The van der Waals surface area contributed by atoms with Crippen LogP contribution in [-0.2, 0) is 4.74 Å². The minimum Gasteiger partial charge on any atom is -0.406 e. The summed E-state index contributed by atoms with van der Waals surface area (Å²) in [6.07, 6.45) is -4.83. The van der Waals surface area contributed by atoms with Crippen molar-refractivity contribution in [3.8, 4) is 5.75 Å². The Hall–Kier alpha value is -1.27. The normalized spacial score (nSPS) is 15.0. The fourth-order valence-electron chi connectivity index (χ4n) is 2.29. The molecule has 0 heterocycles. The summed E-state index contributed by atoms with van der Waals surface area (Å²) >= 11 is 0. The number of rotatable bonds is 7. The first-order valence-electron chi connectivity index (χ1n) is 6.93. The Bertz CT molecular complexity index is 435. The maximum absolute atomic E-state index is 12.3. The molecular weight excluding hydrogens is 283 g/mol. The largest absolute Gasteiger partial charge is 0.573 e. The van der Waals surface area contributed by atoms with E-state index in [0.717, 1.165) is 0 Å². The van der Waals surface area contributed by atoms with Gasteiger partial charge in [0.2, 0.25) is 0 Å². The lowest BCUT2D eigenvalue weighted by atomic mass is 9.93. The number of hydrogen-bond donors (Lipinski definition) is 1. The molecular formula is C15H22F3NO2. The van der Waals surface area contributed by atoms with Crippen LogP contribution in [0.4, 0.5) is 13.2 Å². The SMILES string of the molecule is CCOC(C(C)C)C(NC)c1cccc(OC(F)(F)F)c1. The van der Waals surface area contributed by atoms with Crippen LogP contribution in [0.1, 0.15) is 32.4 Å². The Labute approximate surface area is 123 Å². The van der Waals surface area contributed by atoms with Gasteiger partial charge in [-0.2, -0.15) is 0 Å². The van der Waals surface area contributed by atoms with Gasteiger partial charge in [-0.05, 0) is 37.6 Å². The Morgan fingerprint density at radius 1 is 1.24 bits per heavy atom. The van der Waals surface area contributed by atoms with Crippen LogP contribution >= 0.6 is 0 Å². The summed E-state index contributed by atoms with van der Waals surface area (Å²) in [5.41, 5.74) is 0.700. The monoisotopic (exact) mass is 305 g/mol. The highest BCUT2D eigenvalue weighted by molar-refractivity contribution is 5.31. The highest BCUT2D eigenvalue weighted by atomic mass is 19.4. The van der Waals surface area contributed by atoms with Crippen LogP contribution in [0, 0.1) is 5.92 Å². The number of alkyl halides is 3. The van der Waals surface area contributed by atoms with Crippen molar-refractivity contribution in [2.75, 3.05) is 13.7 Å². The predicted molar refractivity (Wildman–Crippen MR) is 75.2 cm³/mol. The van der Waals surface area contributed by atoms with Crippen LogP contribution in [0.25, 0.3) is 0 Å². The number of halogens is 3. The van der Waals surface area contributed by atoms with Crippen molar-refractivity contribution in [2.45, 2.75) is 39.3 Å². The second kappa shape index (κ2) is 7.66. The van der Waals surface area contributed by atoms with E-state index in [9.17, 15) is 13.2 Å². The van der Waals surface area contributed by atoms with Crippen molar-refractivity contribution in [3.63, 3.8) is 0 Å². The molecule has 1 aromatic carbocycles. The summed E-state index contributed by atoms with van der Waals surface area (Å²) in [4.78, 5) is 0. The number of hydrogen-bond acceptors (Lipinski definition) is 3. The van der Waals surface area contributed by atoms with E-state index in [1.54, 1.807) is 19.2 Å². The first-order chi connectivity index (χ1) is 9.78. The molecule has 21 heavy (non-hydrogen) atoms. The van der Waals surface area contributed by atoms with Gasteiger partial charge in [-0.3, -0.25) is 0 Å². The maximum Gasteiger partial charge on any atom is 0.573 e. The van der Waals surface area contributed by atoms with Crippen LogP contribution in [-0.4, -0.2) is 26.1 Å².